The molecule has 142 valence electrons. The second-order valence-electron chi connectivity index (χ2n) is 5.99. The Morgan fingerprint density at radius 2 is 1.96 bits per heavy atom. The van der Waals surface area contributed by atoms with Gasteiger partial charge < -0.3 is 11.1 Å². The highest BCUT2D eigenvalue weighted by Crippen LogP contribution is 2.31. The maximum atomic E-state index is 12.8. The molecule has 2 aromatic carbocycles. The Bertz CT molecular complexity index is 1130. The number of halogens is 2. The molecule has 4 rings (SSSR count). The molecular formula is C20H17Cl2N5O. The third kappa shape index (κ3) is 3.84. The van der Waals surface area contributed by atoms with E-state index in [0.29, 0.717) is 28.5 Å². The number of hydrogen-bond donors (Lipinski definition) is 2. The highest BCUT2D eigenvalue weighted by Gasteiger charge is 2.16. The van der Waals surface area contributed by atoms with Crippen molar-refractivity contribution in [2.24, 2.45) is 5.73 Å². The Balaban J connectivity index is 0.00000225. The first kappa shape index (κ1) is 19.8. The van der Waals surface area contributed by atoms with Crippen molar-refractivity contribution in [3.05, 3.63) is 83.3 Å². The lowest BCUT2D eigenvalue weighted by Crippen LogP contribution is -2.13. The second-order valence-corrected chi connectivity index (χ2v) is 6.43. The van der Waals surface area contributed by atoms with E-state index < -0.39 is 0 Å². The van der Waals surface area contributed by atoms with Crippen molar-refractivity contribution in [1.82, 2.24) is 14.6 Å². The fourth-order valence-corrected chi connectivity index (χ4v) is 3.04. The number of nitrogens with one attached hydrogen (secondary N) is 1. The average molecular weight is 414 g/mol. The first-order valence-corrected chi connectivity index (χ1v) is 8.72. The summed E-state index contributed by atoms with van der Waals surface area (Å²) in [6.45, 7) is 0.478. The van der Waals surface area contributed by atoms with E-state index in [1.54, 1.807) is 35.1 Å². The van der Waals surface area contributed by atoms with Crippen LogP contribution >= 0.6 is 24.0 Å². The van der Waals surface area contributed by atoms with Gasteiger partial charge in [0.25, 0.3) is 5.91 Å². The van der Waals surface area contributed by atoms with Gasteiger partial charge >= 0.3 is 0 Å². The number of carbonyl (C=O) groups is 1. The fourth-order valence-electron chi connectivity index (χ4n) is 2.87. The van der Waals surface area contributed by atoms with Crippen LogP contribution in [0.2, 0.25) is 5.02 Å². The van der Waals surface area contributed by atoms with Crippen molar-refractivity contribution in [3.8, 4) is 11.1 Å². The van der Waals surface area contributed by atoms with E-state index in [1.165, 1.54) is 6.20 Å². The SMILES string of the molecule is Cl.NCc1ccc(-c2ccc(Cl)cc2NC(=O)c2cnn3cccnc23)cc1. The van der Waals surface area contributed by atoms with E-state index >= 15 is 0 Å². The molecule has 0 saturated heterocycles. The number of nitrogens with zero attached hydrogens (tertiary/aromatic N) is 3. The van der Waals surface area contributed by atoms with Gasteiger partial charge in [0.15, 0.2) is 5.65 Å². The number of benzene rings is 2. The van der Waals surface area contributed by atoms with E-state index in [2.05, 4.69) is 15.4 Å². The molecule has 0 aliphatic carbocycles. The van der Waals surface area contributed by atoms with Crippen molar-refractivity contribution in [3.63, 3.8) is 0 Å². The maximum Gasteiger partial charge on any atom is 0.261 e. The molecule has 0 spiro atoms. The van der Waals surface area contributed by atoms with E-state index in [4.69, 9.17) is 17.3 Å². The van der Waals surface area contributed by atoms with E-state index in [1.807, 2.05) is 30.3 Å². The lowest BCUT2D eigenvalue weighted by molar-refractivity contribution is 0.102. The second kappa shape index (κ2) is 8.39. The van der Waals surface area contributed by atoms with Gasteiger partial charge in [-0.1, -0.05) is 41.9 Å². The van der Waals surface area contributed by atoms with Crippen LogP contribution < -0.4 is 11.1 Å². The minimum absolute atomic E-state index is 0. The smallest absolute Gasteiger partial charge is 0.261 e. The molecule has 0 aliphatic rings. The van der Waals surface area contributed by atoms with Gasteiger partial charge in [0.05, 0.1) is 11.9 Å². The van der Waals surface area contributed by atoms with Gasteiger partial charge in [-0.15, -0.1) is 12.4 Å². The highest BCUT2D eigenvalue weighted by atomic mass is 35.5. The Kier molecular flexibility index (Phi) is 5.94. The zero-order valence-electron chi connectivity index (χ0n) is 14.7. The largest absolute Gasteiger partial charge is 0.326 e. The summed E-state index contributed by atoms with van der Waals surface area (Å²) < 4.78 is 1.55. The Morgan fingerprint density at radius 3 is 2.71 bits per heavy atom. The molecule has 8 heteroatoms. The average Bonchev–Trinajstić information content (AvgIpc) is 3.13. The summed E-state index contributed by atoms with van der Waals surface area (Å²) in [7, 11) is 0. The van der Waals surface area contributed by atoms with Crippen molar-refractivity contribution >= 4 is 41.2 Å². The van der Waals surface area contributed by atoms with Gasteiger partial charge in [0, 0.05) is 29.5 Å². The highest BCUT2D eigenvalue weighted by molar-refractivity contribution is 6.31. The molecule has 4 aromatic rings. The molecule has 2 heterocycles. The predicted octanol–water partition coefficient (Wildman–Crippen LogP) is 4.18. The summed E-state index contributed by atoms with van der Waals surface area (Å²) in [5, 5.41) is 7.62. The monoisotopic (exact) mass is 413 g/mol. The van der Waals surface area contributed by atoms with Crippen molar-refractivity contribution < 1.29 is 4.79 Å². The van der Waals surface area contributed by atoms with Gasteiger partial charge in [0.2, 0.25) is 0 Å². The summed E-state index contributed by atoms with van der Waals surface area (Å²) in [5.74, 6) is -0.300. The molecule has 0 saturated carbocycles. The summed E-state index contributed by atoms with van der Waals surface area (Å²) in [5.41, 5.74) is 10.0. The molecule has 3 N–H and O–H groups in total. The number of rotatable bonds is 4. The Hall–Kier alpha value is -2.93. The number of amides is 1. The van der Waals surface area contributed by atoms with Crippen LogP contribution in [0.1, 0.15) is 15.9 Å². The van der Waals surface area contributed by atoms with Crippen LogP contribution in [-0.4, -0.2) is 20.5 Å². The number of nitrogens with two attached hydrogens (primary N) is 1. The van der Waals surface area contributed by atoms with E-state index in [9.17, 15) is 4.79 Å². The number of carbonyl (C=O) groups excluding carboxylic acids is 1. The van der Waals surface area contributed by atoms with Crippen molar-refractivity contribution in [2.75, 3.05) is 5.32 Å². The molecule has 0 bridgehead atoms. The molecule has 2 aromatic heterocycles. The molecule has 0 aliphatic heterocycles. The van der Waals surface area contributed by atoms with Gasteiger partial charge in [0.1, 0.15) is 5.56 Å². The lowest BCUT2D eigenvalue weighted by Gasteiger charge is -2.12. The van der Waals surface area contributed by atoms with Crippen LogP contribution in [0.25, 0.3) is 16.8 Å². The number of hydrogen-bond acceptors (Lipinski definition) is 4. The van der Waals surface area contributed by atoms with Gasteiger partial charge in [-0.2, -0.15) is 5.10 Å². The molecule has 0 fully saturated rings. The molecule has 0 atom stereocenters. The summed E-state index contributed by atoms with van der Waals surface area (Å²) in [4.78, 5) is 17.0. The number of anilines is 1. The molecule has 0 radical (unpaired) electrons. The number of fused-ring (bicyclic) bond motifs is 1. The first-order chi connectivity index (χ1) is 13.2. The first-order valence-electron chi connectivity index (χ1n) is 8.34. The van der Waals surface area contributed by atoms with Crippen molar-refractivity contribution in [2.45, 2.75) is 6.54 Å². The lowest BCUT2D eigenvalue weighted by atomic mass is 10.0. The maximum absolute atomic E-state index is 12.8. The van der Waals surface area contributed by atoms with Crippen LogP contribution in [0.5, 0.6) is 0 Å². The minimum atomic E-state index is -0.300. The molecule has 0 unspecified atom stereocenters. The molecule has 6 nitrogen and oxygen atoms in total. The normalized spacial score (nSPS) is 10.5. The standard InChI is InChI=1S/C20H16ClN5O.ClH/c21-15-6-7-16(14-4-2-13(11-22)3-5-14)18(10-15)25-20(27)17-12-24-26-9-1-8-23-19(17)26;/h1-10,12H,11,22H2,(H,25,27);1H. The van der Waals surface area contributed by atoms with Gasteiger partial charge in [-0.05, 0) is 29.3 Å². The third-order valence-corrected chi connectivity index (χ3v) is 4.49. The zero-order valence-corrected chi connectivity index (χ0v) is 16.2. The minimum Gasteiger partial charge on any atom is -0.326 e. The number of aromatic nitrogens is 3. The quantitative estimate of drug-likeness (QED) is 0.525. The Labute approximate surface area is 172 Å². The third-order valence-electron chi connectivity index (χ3n) is 4.25. The molecule has 1 amide bonds. The van der Waals surface area contributed by atoms with E-state index in [0.717, 1.165) is 16.7 Å². The topological polar surface area (TPSA) is 85.3 Å². The molecular weight excluding hydrogens is 397 g/mol. The van der Waals surface area contributed by atoms with Crippen LogP contribution in [-0.2, 0) is 6.54 Å². The predicted molar refractivity (Wildman–Crippen MR) is 113 cm³/mol. The van der Waals surface area contributed by atoms with Crippen LogP contribution in [0, 0.1) is 0 Å². The van der Waals surface area contributed by atoms with Crippen LogP contribution in [0.15, 0.2) is 67.1 Å². The molecule has 28 heavy (non-hydrogen) atoms. The van der Waals surface area contributed by atoms with Crippen LogP contribution in [0.4, 0.5) is 5.69 Å². The Morgan fingerprint density at radius 1 is 1.18 bits per heavy atom. The van der Waals surface area contributed by atoms with Crippen LogP contribution in [0.3, 0.4) is 0 Å². The summed E-state index contributed by atoms with van der Waals surface area (Å²) >= 11 is 6.16. The van der Waals surface area contributed by atoms with E-state index in [-0.39, 0.29) is 18.3 Å². The van der Waals surface area contributed by atoms with Gasteiger partial charge in [-0.3, -0.25) is 4.79 Å². The summed E-state index contributed by atoms with van der Waals surface area (Å²) in [6.07, 6.45) is 4.86. The fraction of sp³-hybridized carbons (Fsp3) is 0.0500. The summed E-state index contributed by atoms with van der Waals surface area (Å²) in [6, 6.07) is 15.0. The van der Waals surface area contributed by atoms with Crippen molar-refractivity contribution in [1.29, 1.82) is 0 Å². The van der Waals surface area contributed by atoms with Gasteiger partial charge in [-0.25, -0.2) is 9.50 Å². The zero-order chi connectivity index (χ0) is 18.8.